The molecule has 0 aliphatic rings. The first-order valence-corrected chi connectivity index (χ1v) is 3.86. The fourth-order valence-electron chi connectivity index (χ4n) is 1.09. The smallest absolute Gasteiger partial charge is 0.325 e. The van der Waals surface area contributed by atoms with E-state index < -0.39 is 28.2 Å². The van der Waals surface area contributed by atoms with Crippen molar-refractivity contribution in [1.29, 1.82) is 0 Å². The normalized spacial score (nSPS) is 10.7. The number of rotatable bonds is 3. The summed E-state index contributed by atoms with van der Waals surface area (Å²) in [5, 5.41) is 10.4. The lowest BCUT2D eigenvalue weighted by atomic mass is 10.2. The first kappa shape index (κ1) is 11.2. The maximum Gasteiger partial charge on any atom is 0.342 e. The number of pyridine rings is 1. The molecule has 0 aliphatic carbocycles. The number of alkyl halides is 2. The third-order valence-corrected chi connectivity index (χ3v) is 1.73. The van der Waals surface area contributed by atoms with Gasteiger partial charge in [-0.15, -0.1) is 0 Å². The lowest BCUT2D eigenvalue weighted by molar-refractivity contribution is -0.387. The average molecular weight is 219 g/mol. The second-order valence-corrected chi connectivity index (χ2v) is 2.69. The molecule has 0 atom stereocenters. The first-order chi connectivity index (χ1) is 6.97. The highest BCUT2D eigenvalue weighted by Gasteiger charge is 2.26. The molecule has 0 spiro atoms. The van der Waals surface area contributed by atoms with Crippen LogP contribution >= 0.6 is 0 Å². The Balaban J connectivity index is 3.50. The number of aromatic amines is 1. The van der Waals surface area contributed by atoms with Crippen LogP contribution in [0.1, 0.15) is 17.7 Å². The Morgan fingerprint density at radius 2 is 2.20 bits per heavy atom. The Bertz CT molecular complexity index is 444. The van der Waals surface area contributed by atoms with Crippen LogP contribution in [0.3, 0.4) is 0 Å². The fourth-order valence-corrected chi connectivity index (χ4v) is 1.09. The van der Waals surface area contributed by atoms with E-state index >= 15 is 0 Å². The summed E-state index contributed by atoms with van der Waals surface area (Å²) in [6.07, 6.45) is -3.09. The summed E-state index contributed by atoms with van der Waals surface area (Å²) in [4.78, 5) is 22.4. The molecule has 0 fully saturated rings. The van der Waals surface area contributed by atoms with Crippen LogP contribution in [0.5, 0.6) is 0 Å². The molecule has 3 N–H and O–H groups in total. The molecule has 0 radical (unpaired) electrons. The highest BCUT2D eigenvalue weighted by Crippen LogP contribution is 2.25. The van der Waals surface area contributed by atoms with E-state index in [1.165, 1.54) is 0 Å². The molecule has 1 aromatic rings. The predicted molar refractivity (Wildman–Crippen MR) is 46.6 cm³/mol. The standard InChI is InChI=1S/C7H7F2N3O3/c8-6(9)4-1-3(2-10)11-7(13)5(4)12(14)15/h1,6H,2,10H2,(H,11,13). The van der Waals surface area contributed by atoms with Gasteiger partial charge in [0.1, 0.15) is 5.56 Å². The minimum Gasteiger partial charge on any atom is -0.325 e. The fraction of sp³-hybridized carbons (Fsp3) is 0.286. The lowest BCUT2D eigenvalue weighted by Gasteiger charge is -2.03. The van der Waals surface area contributed by atoms with Gasteiger partial charge in [0.05, 0.1) is 4.92 Å². The van der Waals surface area contributed by atoms with Crippen LogP contribution in [0, 0.1) is 10.1 Å². The number of nitrogens with one attached hydrogen (secondary N) is 1. The quantitative estimate of drug-likeness (QED) is 0.576. The number of nitro groups is 1. The number of hydrogen-bond acceptors (Lipinski definition) is 4. The summed E-state index contributed by atoms with van der Waals surface area (Å²) in [7, 11) is 0. The minimum absolute atomic E-state index is 0.0286. The number of nitrogens with zero attached hydrogens (tertiary/aromatic N) is 1. The van der Waals surface area contributed by atoms with Gasteiger partial charge in [0.2, 0.25) is 0 Å². The molecule has 82 valence electrons. The van der Waals surface area contributed by atoms with Crippen molar-refractivity contribution in [2.45, 2.75) is 13.0 Å². The summed E-state index contributed by atoms with van der Waals surface area (Å²) < 4.78 is 24.8. The van der Waals surface area contributed by atoms with Crippen molar-refractivity contribution in [3.63, 3.8) is 0 Å². The second-order valence-electron chi connectivity index (χ2n) is 2.69. The van der Waals surface area contributed by atoms with Gasteiger partial charge in [-0.3, -0.25) is 14.9 Å². The Labute approximate surface area is 81.9 Å². The van der Waals surface area contributed by atoms with Crippen molar-refractivity contribution in [1.82, 2.24) is 4.98 Å². The molecular weight excluding hydrogens is 212 g/mol. The van der Waals surface area contributed by atoms with Crippen molar-refractivity contribution in [3.05, 3.63) is 37.8 Å². The van der Waals surface area contributed by atoms with Crippen molar-refractivity contribution < 1.29 is 13.7 Å². The largest absolute Gasteiger partial charge is 0.342 e. The number of hydrogen-bond donors (Lipinski definition) is 2. The van der Waals surface area contributed by atoms with E-state index in [4.69, 9.17) is 5.73 Å². The van der Waals surface area contributed by atoms with E-state index in [9.17, 15) is 23.7 Å². The van der Waals surface area contributed by atoms with Gasteiger partial charge in [0, 0.05) is 12.2 Å². The van der Waals surface area contributed by atoms with E-state index in [2.05, 4.69) is 0 Å². The van der Waals surface area contributed by atoms with Gasteiger partial charge >= 0.3 is 11.2 Å². The van der Waals surface area contributed by atoms with Crippen molar-refractivity contribution >= 4 is 5.69 Å². The van der Waals surface area contributed by atoms with Gasteiger partial charge in [-0.1, -0.05) is 0 Å². The van der Waals surface area contributed by atoms with Gasteiger partial charge in [0.25, 0.3) is 6.43 Å². The third-order valence-electron chi connectivity index (χ3n) is 1.73. The molecule has 0 saturated heterocycles. The zero-order valence-electron chi connectivity index (χ0n) is 7.37. The van der Waals surface area contributed by atoms with Crippen molar-refractivity contribution in [3.8, 4) is 0 Å². The molecular formula is C7H7F2N3O3. The zero-order chi connectivity index (χ0) is 11.6. The van der Waals surface area contributed by atoms with Crippen molar-refractivity contribution in [2.75, 3.05) is 0 Å². The highest BCUT2D eigenvalue weighted by atomic mass is 19.3. The monoisotopic (exact) mass is 219 g/mol. The van der Waals surface area contributed by atoms with E-state index in [1.807, 2.05) is 4.98 Å². The molecule has 0 saturated carbocycles. The van der Waals surface area contributed by atoms with Crippen LogP contribution < -0.4 is 11.3 Å². The van der Waals surface area contributed by atoms with Gasteiger partial charge in [0.15, 0.2) is 0 Å². The van der Waals surface area contributed by atoms with Crippen LogP contribution in [0.2, 0.25) is 0 Å². The van der Waals surface area contributed by atoms with Crippen LogP contribution in [0.15, 0.2) is 10.9 Å². The van der Waals surface area contributed by atoms with Crippen LogP contribution in [-0.2, 0) is 6.54 Å². The Hall–Kier alpha value is -1.83. The molecule has 6 nitrogen and oxygen atoms in total. The third kappa shape index (κ3) is 2.15. The van der Waals surface area contributed by atoms with Crippen LogP contribution in [0.25, 0.3) is 0 Å². The SMILES string of the molecule is NCc1cc(C(F)F)c([N+](=O)[O-])c(=O)[nH]1. The molecule has 1 heterocycles. The number of nitrogens with two attached hydrogens (primary N) is 1. The van der Waals surface area contributed by atoms with E-state index in [-0.39, 0.29) is 12.2 Å². The van der Waals surface area contributed by atoms with Gasteiger partial charge < -0.3 is 10.7 Å². The maximum absolute atomic E-state index is 12.4. The molecule has 8 heteroatoms. The summed E-state index contributed by atoms with van der Waals surface area (Å²) >= 11 is 0. The molecule has 1 aromatic heterocycles. The van der Waals surface area contributed by atoms with Gasteiger partial charge in [-0.2, -0.15) is 0 Å². The lowest BCUT2D eigenvalue weighted by Crippen LogP contribution is -2.18. The van der Waals surface area contributed by atoms with E-state index in [0.717, 1.165) is 6.07 Å². The van der Waals surface area contributed by atoms with Crippen LogP contribution in [0.4, 0.5) is 14.5 Å². The van der Waals surface area contributed by atoms with Gasteiger partial charge in [-0.25, -0.2) is 8.78 Å². The Morgan fingerprint density at radius 3 is 2.60 bits per heavy atom. The zero-order valence-corrected chi connectivity index (χ0v) is 7.37. The van der Waals surface area contributed by atoms with Crippen LogP contribution in [-0.4, -0.2) is 9.91 Å². The molecule has 0 unspecified atom stereocenters. The molecule has 0 aromatic carbocycles. The second kappa shape index (κ2) is 4.13. The van der Waals surface area contributed by atoms with Crippen molar-refractivity contribution in [2.24, 2.45) is 5.73 Å². The summed E-state index contributed by atoms with van der Waals surface area (Å²) in [5.74, 6) is 0. The minimum atomic E-state index is -3.09. The predicted octanol–water partition coefficient (Wildman–Crippen LogP) is 0.679. The number of halogens is 2. The van der Waals surface area contributed by atoms with Gasteiger partial charge in [-0.05, 0) is 6.07 Å². The molecule has 1 rings (SSSR count). The summed E-state index contributed by atoms with van der Waals surface area (Å²) in [6, 6.07) is 0.824. The highest BCUT2D eigenvalue weighted by molar-refractivity contribution is 5.39. The first-order valence-electron chi connectivity index (χ1n) is 3.86. The molecule has 0 bridgehead atoms. The van der Waals surface area contributed by atoms with E-state index in [1.54, 1.807) is 0 Å². The summed E-state index contributed by atoms with van der Waals surface area (Å²) in [6.45, 7) is -0.174. The average Bonchev–Trinajstić information content (AvgIpc) is 2.15. The summed E-state index contributed by atoms with van der Waals surface area (Å²) in [5.41, 5.74) is 1.94. The molecule has 0 amide bonds. The Kier molecular flexibility index (Phi) is 3.10. The maximum atomic E-state index is 12.4. The topological polar surface area (TPSA) is 102 Å². The number of H-pyrrole nitrogens is 1. The van der Waals surface area contributed by atoms with E-state index in [0.29, 0.717) is 0 Å². The molecule has 0 aliphatic heterocycles. The molecule has 15 heavy (non-hydrogen) atoms. The Morgan fingerprint density at radius 1 is 1.60 bits per heavy atom. The number of aromatic nitrogens is 1.